The predicted octanol–water partition coefficient (Wildman–Crippen LogP) is 2.75. The Balaban J connectivity index is 1.96. The number of benzene rings is 1. The van der Waals surface area contributed by atoms with Gasteiger partial charge in [0.25, 0.3) is 0 Å². The molecule has 1 fully saturated rings. The van der Waals surface area contributed by atoms with Crippen molar-refractivity contribution in [3.8, 4) is 5.69 Å². The van der Waals surface area contributed by atoms with E-state index >= 15 is 0 Å². The highest BCUT2D eigenvalue weighted by Gasteiger charge is 2.39. The van der Waals surface area contributed by atoms with Gasteiger partial charge in [-0.3, -0.25) is 0 Å². The number of carboxylic acid groups (broad SMARTS) is 1. The van der Waals surface area contributed by atoms with E-state index in [0.717, 1.165) is 11.1 Å². The number of carboxylic acids is 1. The molecule has 0 amide bonds. The van der Waals surface area contributed by atoms with Crippen LogP contribution in [0.2, 0.25) is 10.0 Å². The van der Waals surface area contributed by atoms with Gasteiger partial charge in [0, 0.05) is 30.4 Å². The molecule has 0 aliphatic carbocycles. The van der Waals surface area contributed by atoms with E-state index in [9.17, 15) is 15.0 Å². The Bertz CT molecular complexity index is 993. The van der Waals surface area contributed by atoms with Crippen LogP contribution in [0.4, 0.5) is 5.82 Å². The van der Waals surface area contributed by atoms with Crippen LogP contribution in [0.3, 0.4) is 0 Å². The summed E-state index contributed by atoms with van der Waals surface area (Å²) in [6, 6.07) is 4.20. The summed E-state index contributed by atoms with van der Waals surface area (Å²) in [7, 11) is 0. The van der Waals surface area contributed by atoms with E-state index < -0.39 is 18.1 Å². The Kier molecular flexibility index (Phi) is 4.22. The molecule has 3 heterocycles. The molecule has 0 spiro atoms. The fourth-order valence-corrected chi connectivity index (χ4v) is 3.66. The summed E-state index contributed by atoms with van der Waals surface area (Å²) in [5.41, 5.74) is 1.21. The molecule has 0 unspecified atom stereocenters. The van der Waals surface area contributed by atoms with E-state index in [1.54, 1.807) is 40.3 Å². The summed E-state index contributed by atoms with van der Waals surface area (Å²) in [6.07, 6.45) is 4.43. The van der Waals surface area contributed by atoms with Gasteiger partial charge in [-0.05, 0) is 18.6 Å². The van der Waals surface area contributed by atoms with E-state index in [2.05, 4.69) is 9.97 Å². The number of rotatable bonds is 3. The Hall–Kier alpha value is -2.35. The topological polar surface area (TPSA) is 91.5 Å². The van der Waals surface area contributed by atoms with Gasteiger partial charge < -0.3 is 19.7 Å². The van der Waals surface area contributed by atoms with Crippen molar-refractivity contribution in [3.05, 3.63) is 47.0 Å². The number of hydrogen-bond donors (Lipinski definition) is 2. The summed E-state index contributed by atoms with van der Waals surface area (Å²) >= 11 is 12.5. The fourth-order valence-electron chi connectivity index (χ4n) is 3.30. The second-order valence-electron chi connectivity index (χ2n) is 6.06. The van der Waals surface area contributed by atoms with Crippen molar-refractivity contribution in [2.24, 2.45) is 0 Å². The maximum atomic E-state index is 11.6. The summed E-state index contributed by atoms with van der Waals surface area (Å²) < 4.78 is 1.79. The molecule has 26 heavy (non-hydrogen) atoms. The monoisotopic (exact) mass is 392 g/mol. The van der Waals surface area contributed by atoms with Crippen molar-refractivity contribution >= 4 is 45.9 Å². The molecule has 1 aliphatic rings. The molecule has 3 aromatic rings. The van der Waals surface area contributed by atoms with Crippen LogP contribution in [0.25, 0.3) is 16.6 Å². The lowest BCUT2D eigenvalue weighted by atomic mass is 10.1. The smallest absolute Gasteiger partial charge is 0.329 e. The quantitative estimate of drug-likeness (QED) is 0.711. The van der Waals surface area contributed by atoms with Crippen molar-refractivity contribution in [3.63, 3.8) is 0 Å². The van der Waals surface area contributed by atoms with Crippen LogP contribution in [-0.4, -0.2) is 49.4 Å². The number of halogens is 2. The number of carbonyl (C=O) groups is 1. The summed E-state index contributed by atoms with van der Waals surface area (Å²) in [6.45, 7) is 0.373. The molecular weight excluding hydrogens is 379 g/mol. The molecule has 2 atom stereocenters. The van der Waals surface area contributed by atoms with E-state index in [0.29, 0.717) is 34.3 Å². The minimum atomic E-state index is -1.10. The summed E-state index contributed by atoms with van der Waals surface area (Å²) in [5, 5.41) is 20.9. The van der Waals surface area contributed by atoms with Crippen LogP contribution in [0.15, 0.2) is 36.9 Å². The second-order valence-corrected chi connectivity index (χ2v) is 6.84. The fraction of sp³-hybridized carbons (Fsp3) is 0.235. The molecular formula is C17H14Cl2N4O3. The SMILES string of the molecule is O=C(O)[C@@H]1[C@@H](O)CCN1c1cc(-n2ccnc2)c2ccc(Cl)c(Cl)c2n1. The van der Waals surface area contributed by atoms with Crippen LogP contribution in [0.1, 0.15) is 6.42 Å². The third-order valence-electron chi connectivity index (χ3n) is 4.53. The molecule has 9 heteroatoms. The number of aliphatic carboxylic acids is 1. The third kappa shape index (κ3) is 2.68. The molecule has 0 radical (unpaired) electrons. The highest BCUT2D eigenvalue weighted by molar-refractivity contribution is 6.45. The van der Waals surface area contributed by atoms with Crippen LogP contribution < -0.4 is 4.90 Å². The number of aliphatic hydroxyl groups is 1. The normalized spacial score (nSPS) is 20.0. The van der Waals surface area contributed by atoms with Crippen LogP contribution in [0.5, 0.6) is 0 Å². The average Bonchev–Trinajstić information content (AvgIpc) is 3.27. The van der Waals surface area contributed by atoms with Crippen molar-refractivity contribution in [1.82, 2.24) is 14.5 Å². The molecule has 1 aromatic carbocycles. The zero-order valence-electron chi connectivity index (χ0n) is 13.4. The average molecular weight is 393 g/mol. The van der Waals surface area contributed by atoms with Gasteiger partial charge in [-0.15, -0.1) is 0 Å². The van der Waals surface area contributed by atoms with Gasteiger partial charge in [0.05, 0.1) is 33.7 Å². The van der Waals surface area contributed by atoms with Crippen molar-refractivity contribution in [2.45, 2.75) is 18.6 Å². The first-order valence-corrected chi connectivity index (χ1v) is 8.67. The van der Waals surface area contributed by atoms with Crippen LogP contribution >= 0.6 is 23.2 Å². The number of aliphatic hydroxyl groups excluding tert-OH is 1. The van der Waals surface area contributed by atoms with E-state index in [4.69, 9.17) is 23.2 Å². The minimum Gasteiger partial charge on any atom is -0.480 e. The zero-order valence-corrected chi connectivity index (χ0v) is 14.9. The van der Waals surface area contributed by atoms with Gasteiger partial charge in [-0.2, -0.15) is 0 Å². The van der Waals surface area contributed by atoms with E-state index in [-0.39, 0.29) is 0 Å². The molecule has 4 rings (SSSR count). The zero-order chi connectivity index (χ0) is 18.4. The molecule has 1 aliphatic heterocycles. The number of hydrogen-bond acceptors (Lipinski definition) is 5. The predicted molar refractivity (Wildman–Crippen MR) is 98.3 cm³/mol. The highest BCUT2D eigenvalue weighted by Crippen LogP contribution is 2.36. The van der Waals surface area contributed by atoms with Crippen molar-refractivity contribution in [2.75, 3.05) is 11.4 Å². The van der Waals surface area contributed by atoms with Gasteiger partial charge >= 0.3 is 5.97 Å². The van der Waals surface area contributed by atoms with Gasteiger partial charge in [-0.25, -0.2) is 14.8 Å². The maximum Gasteiger partial charge on any atom is 0.329 e. The molecule has 2 aromatic heterocycles. The van der Waals surface area contributed by atoms with Crippen molar-refractivity contribution in [1.29, 1.82) is 0 Å². The number of imidazole rings is 1. The standard InChI is InChI=1S/C17H14Cl2N4O3/c18-10-2-1-9-11(22-6-4-20-8-22)7-13(21-15(9)14(10)19)23-5-3-12(24)16(23)17(25)26/h1-2,4,6-8,12,16,24H,3,5H2,(H,25,26)/t12-,16-/m0/s1. The lowest BCUT2D eigenvalue weighted by molar-refractivity contribution is -0.140. The van der Waals surface area contributed by atoms with Gasteiger partial charge in [0.1, 0.15) is 5.82 Å². The Morgan fingerprint density at radius 2 is 2.12 bits per heavy atom. The Morgan fingerprint density at radius 3 is 2.81 bits per heavy atom. The van der Waals surface area contributed by atoms with E-state index in [1.165, 1.54) is 0 Å². The van der Waals surface area contributed by atoms with Gasteiger partial charge in [-0.1, -0.05) is 23.2 Å². The molecule has 0 bridgehead atoms. The molecule has 1 saturated heterocycles. The Labute approximate surface area is 158 Å². The number of aromatic nitrogens is 3. The summed E-state index contributed by atoms with van der Waals surface area (Å²) in [5.74, 6) is -0.687. The lowest BCUT2D eigenvalue weighted by Crippen LogP contribution is -2.42. The van der Waals surface area contributed by atoms with Crippen molar-refractivity contribution < 1.29 is 15.0 Å². The molecule has 0 saturated carbocycles. The maximum absolute atomic E-state index is 11.6. The van der Waals surface area contributed by atoms with Gasteiger partial charge in [0.15, 0.2) is 6.04 Å². The highest BCUT2D eigenvalue weighted by atomic mass is 35.5. The number of pyridine rings is 1. The first kappa shape index (κ1) is 17.1. The Morgan fingerprint density at radius 1 is 1.31 bits per heavy atom. The first-order chi connectivity index (χ1) is 12.5. The summed E-state index contributed by atoms with van der Waals surface area (Å²) in [4.78, 5) is 21.8. The molecule has 7 nitrogen and oxygen atoms in total. The number of anilines is 1. The molecule has 134 valence electrons. The van der Waals surface area contributed by atoms with Crippen LogP contribution in [-0.2, 0) is 4.79 Å². The second kappa shape index (κ2) is 6.42. The number of nitrogens with zero attached hydrogens (tertiary/aromatic N) is 4. The number of fused-ring (bicyclic) bond motifs is 1. The first-order valence-electron chi connectivity index (χ1n) is 7.92. The molecule has 2 N–H and O–H groups in total. The van der Waals surface area contributed by atoms with Gasteiger partial charge in [0.2, 0.25) is 0 Å². The minimum absolute atomic E-state index is 0.291. The van der Waals surface area contributed by atoms with E-state index in [1.807, 2.05) is 6.07 Å². The largest absolute Gasteiger partial charge is 0.480 e. The lowest BCUT2D eigenvalue weighted by Gasteiger charge is -2.25. The third-order valence-corrected chi connectivity index (χ3v) is 5.33. The van der Waals surface area contributed by atoms with Crippen LogP contribution in [0, 0.1) is 0 Å².